The normalized spacial score (nSPS) is 22.2. The summed E-state index contributed by atoms with van der Waals surface area (Å²) in [4.78, 5) is 7.31. The average molecular weight is 353 g/mol. The van der Waals surface area contributed by atoms with Crippen LogP contribution in [0.5, 0.6) is 0 Å². The molecule has 5 heteroatoms. The van der Waals surface area contributed by atoms with Crippen molar-refractivity contribution in [1.82, 2.24) is 15.5 Å². The number of hydrogen-bond acceptors (Lipinski definition) is 3. The number of likely N-dealkylation sites (tertiary alicyclic amines) is 1. The predicted molar refractivity (Wildman–Crippen MR) is 106 cm³/mol. The van der Waals surface area contributed by atoms with Gasteiger partial charge >= 0.3 is 0 Å². The second-order valence-corrected chi connectivity index (χ2v) is 7.65. The van der Waals surface area contributed by atoms with E-state index in [1.54, 1.807) is 0 Å². The van der Waals surface area contributed by atoms with Crippen LogP contribution in [0.2, 0.25) is 0 Å². The Balaban J connectivity index is 1.49. The molecule has 2 rings (SSSR count). The predicted octanol–water partition coefficient (Wildman–Crippen LogP) is 3.01. The molecule has 1 saturated carbocycles. The first-order valence-corrected chi connectivity index (χ1v) is 10.6. The summed E-state index contributed by atoms with van der Waals surface area (Å²) in [6.45, 7) is 11.6. The Labute approximate surface area is 155 Å². The fourth-order valence-electron chi connectivity index (χ4n) is 3.37. The van der Waals surface area contributed by atoms with Crippen LogP contribution < -0.4 is 10.6 Å². The van der Waals surface area contributed by atoms with E-state index in [0.29, 0.717) is 0 Å². The fraction of sp³-hybridized carbons (Fsp3) is 0.950. The Hall–Kier alpha value is -0.810. The highest BCUT2D eigenvalue weighted by Gasteiger charge is 2.20. The second-order valence-electron chi connectivity index (χ2n) is 7.65. The first-order chi connectivity index (χ1) is 12.3. The van der Waals surface area contributed by atoms with Crippen LogP contribution in [0.3, 0.4) is 0 Å². The van der Waals surface area contributed by atoms with Crippen LogP contribution >= 0.6 is 0 Å². The number of unbranched alkanes of at least 4 members (excludes halogenated alkanes) is 1. The van der Waals surface area contributed by atoms with Crippen molar-refractivity contribution in [2.24, 2.45) is 10.9 Å². The number of nitrogens with one attached hydrogen (secondary N) is 2. The third kappa shape index (κ3) is 9.45. The Bertz CT molecular complexity index is 371. The lowest BCUT2D eigenvalue weighted by atomic mass is 10.0. The van der Waals surface area contributed by atoms with Crippen molar-refractivity contribution >= 4 is 5.96 Å². The third-order valence-corrected chi connectivity index (χ3v) is 5.22. The molecule has 0 radical (unpaired) electrons. The van der Waals surface area contributed by atoms with Crippen LogP contribution in [-0.2, 0) is 4.74 Å². The maximum absolute atomic E-state index is 5.66. The summed E-state index contributed by atoms with van der Waals surface area (Å²) < 4.78 is 5.66. The van der Waals surface area contributed by atoms with Gasteiger partial charge in [-0.2, -0.15) is 0 Å². The van der Waals surface area contributed by atoms with Crippen LogP contribution in [0.25, 0.3) is 0 Å². The fourth-order valence-corrected chi connectivity index (χ4v) is 3.37. The number of guanidine groups is 1. The van der Waals surface area contributed by atoms with Crippen molar-refractivity contribution < 1.29 is 4.74 Å². The molecule has 1 heterocycles. The summed E-state index contributed by atoms with van der Waals surface area (Å²) in [5.74, 6) is 1.81. The van der Waals surface area contributed by atoms with Crippen LogP contribution in [0, 0.1) is 5.92 Å². The zero-order valence-electron chi connectivity index (χ0n) is 16.6. The SMILES string of the molecule is CCNC(=NCCCOCC1CC1)NCCCCN1CCCCC1C. The maximum Gasteiger partial charge on any atom is 0.191 e. The third-order valence-electron chi connectivity index (χ3n) is 5.22. The van der Waals surface area contributed by atoms with Crippen molar-refractivity contribution in [3.05, 3.63) is 0 Å². The topological polar surface area (TPSA) is 48.9 Å². The van der Waals surface area contributed by atoms with Gasteiger partial charge in [-0.3, -0.25) is 4.99 Å². The Kier molecular flexibility index (Phi) is 10.3. The largest absolute Gasteiger partial charge is 0.381 e. The standard InChI is InChI=1S/C20H40N4O/c1-3-21-20(23-13-8-16-25-17-19-10-11-19)22-12-5-7-15-24-14-6-4-9-18(24)2/h18-19H,3-17H2,1-2H3,(H2,21,22,23). The van der Waals surface area contributed by atoms with E-state index in [-0.39, 0.29) is 0 Å². The summed E-state index contributed by atoms with van der Waals surface area (Å²) in [6, 6.07) is 0.780. The van der Waals surface area contributed by atoms with Crippen LogP contribution in [-0.4, -0.2) is 62.8 Å². The molecule has 2 N–H and O–H groups in total. The van der Waals surface area contributed by atoms with Crippen LogP contribution in [0.4, 0.5) is 0 Å². The van der Waals surface area contributed by atoms with Crippen molar-refractivity contribution in [3.63, 3.8) is 0 Å². The minimum absolute atomic E-state index is 0.780. The van der Waals surface area contributed by atoms with Gasteiger partial charge in [0, 0.05) is 38.9 Å². The second kappa shape index (κ2) is 12.5. The monoisotopic (exact) mass is 352 g/mol. The summed E-state index contributed by atoms with van der Waals surface area (Å²) in [7, 11) is 0. The molecule has 1 aliphatic carbocycles. The molecular weight excluding hydrogens is 312 g/mol. The molecule has 5 nitrogen and oxygen atoms in total. The summed E-state index contributed by atoms with van der Waals surface area (Å²) >= 11 is 0. The summed E-state index contributed by atoms with van der Waals surface area (Å²) in [5, 5.41) is 6.81. The van der Waals surface area contributed by atoms with Crippen LogP contribution in [0.1, 0.15) is 65.2 Å². The smallest absolute Gasteiger partial charge is 0.191 e. The minimum Gasteiger partial charge on any atom is -0.381 e. The lowest BCUT2D eigenvalue weighted by Gasteiger charge is -2.33. The van der Waals surface area contributed by atoms with Gasteiger partial charge in [-0.25, -0.2) is 0 Å². The molecule has 146 valence electrons. The van der Waals surface area contributed by atoms with Crippen molar-refractivity contribution in [2.75, 3.05) is 45.9 Å². The number of rotatable bonds is 12. The van der Waals surface area contributed by atoms with Gasteiger partial charge in [0.1, 0.15) is 0 Å². The van der Waals surface area contributed by atoms with E-state index in [4.69, 9.17) is 4.74 Å². The van der Waals surface area contributed by atoms with E-state index in [2.05, 4.69) is 34.4 Å². The molecule has 0 amide bonds. The Morgan fingerprint density at radius 1 is 1.12 bits per heavy atom. The molecule has 0 spiro atoms. The quantitative estimate of drug-likeness (QED) is 0.322. The number of aliphatic imine (C=N–C) groups is 1. The molecule has 2 fully saturated rings. The maximum atomic E-state index is 5.66. The van der Waals surface area contributed by atoms with E-state index in [1.165, 1.54) is 58.0 Å². The molecule has 1 aliphatic heterocycles. The Morgan fingerprint density at radius 3 is 2.76 bits per heavy atom. The number of hydrogen-bond donors (Lipinski definition) is 2. The van der Waals surface area contributed by atoms with Gasteiger partial charge < -0.3 is 20.3 Å². The van der Waals surface area contributed by atoms with Gasteiger partial charge in [0.25, 0.3) is 0 Å². The van der Waals surface area contributed by atoms with Gasteiger partial charge in [0.15, 0.2) is 5.96 Å². The minimum atomic E-state index is 0.780. The molecule has 0 aromatic carbocycles. The molecule has 1 atom stereocenters. The van der Waals surface area contributed by atoms with Gasteiger partial charge in [-0.15, -0.1) is 0 Å². The molecule has 2 aliphatic rings. The first-order valence-electron chi connectivity index (χ1n) is 10.6. The zero-order valence-corrected chi connectivity index (χ0v) is 16.6. The molecular formula is C20H40N4O. The molecule has 0 aromatic rings. The van der Waals surface area contributed by atoms with Gasteiger partial charge in [0.05, 0.1) is 0 Å². The van der Waals surface area contributed by atoms with Crippen molar-refractivity contribution in [3.8, 4) is 0 Å². The van der Waals surface area contributed by atoms with E-state index in [1.807, 2.05) is 0 Å². The highest BCUT2D eigenvalue weighted by molar-refractivity contribution is 5.79. The van der Waals surface area contributed by atoms with E-state index in [0.717, 1.165) is 57.2 Å². The molecule has 25 heavy (non-hydrogen) atoms. The highest BCUT2D eigenvalue weighted by atomic mass is 16.5. The van der Waals surface area contributed by atoms with Gasteiger partial charge in [-0.1, -0.05) is 6.42 Å². The lowest BCUT2D eigenvalue weighted by Crippen LogP contribution is -2.39. The highest BCUT2D eigenvalue weighted by Crippen LogP contribution is 2.28. The van der Waals surface area contributed by atoms with Crippen LogP contribution in [0.15, 0.2) is 4.99 Å². The average Bonchev–Trinajstić information content (AvgIpc) is 3.43. The summed E-state index contributed by atoms with van der Waals surface area (Å²) in [5.41, 5.74) is 0. The van der Waals surface area contributed by atoms with E-state index in [9.17, 15) is 0 Å². The first kappa shape index (κ1) is 20.5. The summed E-state index contributed by atoms with van der Waals surface area (Å²) in [6.07, 6.45) is 10.4. The van der Waals surface area contributed by atoms with Crippen molar-refractivity contribution in [1.29, 1.82) is 0 Å². The van der Waals surface area contributed by atoms with E-state index >= 15 is 0 Å². The molecule has 1 unspecified atom stereocenters. The Morgan fingerprint density at radius 2 is 2.00 bits per heavy atom. The zero-order chi connectivity index (χ0) is 17.7. The lowest BCUT2D eigenvalue weighted by molar-refractivity contribution is 0.123. The van der Waals surface area contributed by atoms with Gasteiger partial charge in [0.2, 0.25) is 0 Å². The van der Waals surface area contributed by atoms with Crippen molar-refractivity contribution in [2.45, 2.75) is 71.3 Å². The molecule has 0 aromatic heterocycles. The molecule has 0 bridgehead atoms. The van der Waals surface area contributed by atoms with Gasteiger partial charge in [-0.05, 0) is 77.8 Å². The van der Waals surface area contributed by atoms with E-state index < -0.39 is 0 Å². The molecule has 1 saturated heterocycles. The number of nitrogens with zero attached hydrogens (tertiary/aromatic N) is 2. The number of piperidine rings is 1. The number of ether oxygens (including phenoxy) is 1.